The first-order valence-corrected chi connectivity index (χ1v) is 3.45. The highest BCUT2D eigenvalue weighted by atomic mass is 16.4. The standard InChI is InChI=1S/C7H11NO3/c8-5-1-3-7(11,4-2-5)6(9)10/h1,3,5,11H,2,4,8H2,(H,9,10). The summed E-state index contributed by atoms with van der Waals surface area (Å²) in [5.74, 6) is -1.21. The van der Waals surface area contributed by atoms with Crippen LogP contribution < -0.4 is 5.73 Å². The number of hydrogen-bond donors (Lipinski definition) is 3. The van der Waals surface area contributed by atoms with Crippen molar-refractivity contribution in [3.8, 4) is 0 Å². The van der Waals surface area contributed by atoms with E-state index >= 15 is 0 Å². The van der Waals surface area contributed by atoms with E-state index in [1.807, 2.05) is 0 Å². The molecule has 11 heavy (non-hydrogen) atoms. The van der Waals surface area contributed by atoms with Crippen molar-refractivity contribution in [2.24, 2.45) is 5.73 Å². The Hall–Kier alpha value is -0.870. The normalized spacial score (nSPS) is 37.1. The molecule has 0 amide bonds. The first kappa shape index (κ1) is 8.23. The van der Waals surface area contributed by atoms with E-state index in [0.717, 1.165) is 0 Å². The predicted molar refractivity (Wildman–Crippen MR) is 38.9 cm³/mol. The third-order valence-corrected chi connectivity index (χ3v) is 1.85. The highest BCUT2D eigenvalue weighted by molar-refractivity contribution is 5.79. The number of hydrogen-bond acceptors (Lipinski definition) is 3. The highest BCUT2D eigenvalue weighted by Crippen LogP contribution is 2.21. The van der Waals surface area contributed by atoms with Gasteiger partial charge in [-0.2, -0.15) is 0 Å². The Morgan fingerprint density at radius 1 is 1.73 bits per heavy atom. The molecule has 0 spiro atoms. The Kier molecular flexibility index (Phi) is 1.97. The first-order valence-electron chi connectivity index (χ1n) is 3.45. The van der Waals surface area contributed by atoms with E-state index < -0.39 is 11.6 Å². The van der Waals surface area contributed by atoms with Crippen LogP contribution in [0.2, 0.25) is 0 Å². The van der Waals surface area contributed by atoms with Crippen LogP contribution in [0.25, 0.3) is 0 Å². The van der Waals surface area contributed by atoms with Crippen LogP contribution in [0.5, 0.6) is 0 Å². The summed E-state index contributed by atoms with van der Waals surface area (Å²) in [6.45, 7) is 0. The molecule has 0 aliphatic heterocycles. The number of rotatable bonds is 1. The summed E-state index contributed by atoms with van der Waals surface area (Å²) in [5.41, 5.74) is 3.78. The van der Waals surface area contributed by atoms with Gasteiger partial charge in [-0.15, -0.1) is 0 Å². The monoisotopic (exact) mass is 157 g/mol. The zero-order valence-electron chi connectivity index (χ0n) is 6.03. The van der Waals surface area contributed by atoms with Crippen molar-refractivity contribution in [3.63, 3.8) is 0 Å². The Balaban J connectivity index is 2.76. The van der Waals surface area contributed by atoms with Crippen molar-refractivity contribution < 1.29 is 15.0 Å². The van der Waals surface area contributed by atoms with Gasteiger partial charge in [0.25, 0.3) is 0 Å². The quantitative estimate of drug-likeness (QED) is 0.447. The van der Waals surface area contributed by atoms with Crippen LogP contribution >= 0.6 is 0 Å². The fourth-order valence-corrected chi connectivity index (χ4v) is 1.03. The predicted octanol–water partition coefficient (Wildman–Crippen LogP) is -0.521. The molecule has 1 aliphatic rings. The number of nitrogens with two attached hydrogens (primary N) is 1. The molecular formula is C7H11NO3. The number of aliphatic carboxylic acids is 1. The van der Waals surface area contributed by atoms with Gasteiger partial charge in [0.1, 0.15) is 0 Å². The molecule has 0 aromatic heterocycles. The van der Waals surface area contributed by atoms with Crippen molar-refractivity contribution in [2.45, 2.75) is 24.5 Å². The highest BCUT2D eigenvalue weighted by Gasteiger charge is 2.35. The molecule has 0 radical (unpaired) electrons. The van der Waals surface area contributed by atoms with E-state index in [0.29, 0.717) is 6.42 Å². The zero-order valence-corrected chi connectivity index (χ0v) is 6.03. The molecule has 0 aromatic rings. The van der Waals surface area contributed by atoms with Gasteiger partial charge in [0.2, 0.25) is 0 Å². The van der Waals surface area contributed by atoms with Crippen LogP contribution in [-0.4, -0.2) is 27.8 Å². The van der Waals surface area contributed by atoms with Crippen LogP contribution in [0, 0.1) is 0 Å². The van der Waals surface area contributed by atoms with E-state index in [1.165, 1.54) is 12.2 Å². The van der Waals surface area contributed by atoms with Gasteiger partial charge in [0, 0.05) is 6.04 Å². The van der Waals surface area contributed by atoms with Crippen LogP contribution in [0.1, 0.15) is 12.8 Å². The molecular weight excluding hydrogens is 146 g/mol. The minimum atomic E-state index is -1.68. The van der Waals surface area contributed by atoms with Crippen molar-refractivity contribution in [1.82, 2.24) is 0 Å². The Morgan fingerprint density at radius 3 is 2.73 bits per heavy atom. The van der Waals surface area contributed by atoms with Crippen LogP contribution in [0.4, 0.5) is 0 Å². The fourth-order valence-electron chi connectivity index (χ4n) is 1.03. The Labute approximate surface area is 64.3 Å². The average Bonchev–Trinajstić information content (AvgIpc) is 1.95. The lowest BCUT2D eigenvalue weighted by Gasteiger charge is -2.24. The summed E-state index contributed by atoms with van der Waals surface area (Å²) in [5, 5.41) is 17.9. The van der Waals surface area contributed by atoms with Crippen LogP contribution in [-0.2, 0) is 4.79 Å². The molecule has 1 rings (SSSR count). The zero-order chi connectivity index (χ0) is 8.48. The van der Waals surface area contributed by atoms with Gasteiger partial charge in [-0.05, 0) is 18.9 Å². The van der Waals surface area contributed by atoms with Gasteiger partial charge >= 0.3 is 5.97 Å². The summed E-state index contributed by atoms with van der Waals surface area (Å²) in [4.78, 5) is 10.4. The maximum atomic E-state index is 10.4. The summed E-state index contributed by atoms with van der Waals surface area (Å²) in [6.07, 6.45) is 3.49. The Bertz CT molecular complexity index is 202. The third kappa shape index (κ3) is 1.58. The SMILES string of the molecule is NC1C=CC(O)(C(=O)O)CC1. The Morgan fingerprint density at radius 2 is 2.36 bits per heavy atom. The number of carbonyl (C=O) groups is 1. The summed E-state index contributed by atoms with van der Waals surface area (Å²) < 4.78 is 0. The minimum Gasteiger partial charge on any atom is -0.479 e. The van der Waals surface area contributed by atoms with Gasteiger partial charge in [-0.1, -0.05) is 6.08 Å². The van der Waals surface area contributed by atoms with Gasteiger partial charge < -0.3 is 15.9 Å². The van der Waals surface area contributed by atoms with Crippen LogP contribution in [0.15, 0.2) is 12.2 Å². The minimum absolute atomic E-state index is 0.116. The number of aliphatic hydroxyl groups is 1. The maximum Gasteiger partial charge on any atom is 0.339 e. The van der Waals surface area contributed by atoms with Crippen LogP contribution in [0.3, 0.4) is 0 Å². The summed E-state index contributed by atoms with van der Waals surface area (Å²) in [6, 6.07) is -0.116. The second-order valence-electron chi connectivity index (χ2n) is 2.79. The van der Waals surface area contributed by atoms with E-state index in [2.05, 4.69) is 0 Å². The lowest BCUT2D eigenvalue weighted by atomic mass is 9.89. The molecule has 0 saturated heterocycles. The molecule has 0 bridgehead atoms. The molecule has 0 aromatic carbocycles. The molecule has 4 nitrogen and oxygen atoms in total. The molecule has 62 valence electrons. The van der Waals surface area contributed by atoms with Gasteiger partial charge in [0.15, 0.2) is 5.60 Å². The van der Waals surface area contributed by atoms with E-state index in [-0.39, 0.29) is 12.5 Å². The van der Waals surface area contributed by atoms with Gasteiger partial charge in [-0.3, -0.25) is 0 Å². The number of carboxylic acids is 1. The maximum absolute atomic E-state index is 10.4. The lowest BCUT2D eigenvalue weighted by Crippen LogP contribution is -2.41. The summed E-state index contributed by atoms with van der Waals surface area (Å²) >= 11 is 0. The number of carboxylic acid groups (broad SMARTS) is 1. The van der Waals surface area contributed by atoms with E-state index in [1.54, 1.807) is 0 Å². The molecule has 0 heterocycles. The average molecular weight is 157 g/mol. The fraction of sp³-hybridized carbons (Fsp3) is 0.571. The second kappa shape index (κ2) is 2.64. The van der Waals surface area contributed by atoms with E-state index in [4.69, 9.17) is 10.8 Å². The van der Waals surface area contributed by atoms with Gasteiger partial charge in [0.05, 0.1) is 0 Å². The molecule has 4 heteroatoms. The van der Waals surface area contributed by atoms with Crippen molar-refractivity contribution in [3.05, 3.63) is 12.2 Å². The molecule has 0 fully saturated rings. The molecule has 0 saturated carbocycles. The molecule has 1 aliphatic carbocycles. The molecule has 2 atom stereocenters. The van der Waals surface area contributed by atoms with Crippen molar-refractivity contribution in [2.75, 3.05) is 0 Å². The van der Waals surface area contributed by atoms with Gasteiger partial charge in [-0.25, -0.2) is 4.79 Å². The topological polar surface area (TPSA) is 83.5 Å². The van der Waals surface area contributed by atoms with Crippen molar-refractivity contribution in [1.29, 1.82) is 0 Å². The van der Waals surface area contributed by atoms with Crippen molar-refractivity contribution >= 4 is 5.97 Å². The first-order chi connectivity index (χ1) is 5.04. The molecule has 4 N–H and O–H groups in total. The summed E-state index contributed by atoms with van der Waals surface area (Å²) in [7, 11) is 0. The lowest BCUT2D eigenvalue weighted by molar-refractivity contribution is -0.154. The largest absolute Gasteiger partial charge is 0.479 e. The second-order valence-corrected chi connectivity index (χ2v) is 2.79. The van der Waals surface area contributed by atoms with E-state index in [9.17, 15) is 9.90 Å². The molecule has 2 unspecified atom stereocenters. The smallest absolute Gasteiger partial charge is 0.339 e. The third-order valence-electron chi connectivity index (χ3n) is 1.85.